The van der Waals surface area contributed by atoms with Crippen molar-refractivity contribution < 1.29 is 14.3 Å². The Kier molecular flexibility index (Phi) is 3.84. The van der Waals surface area contributed by atoms with Crippen LogP contribution in [0.15, 0.2) is 36.1 Å². The van der Waals surface area contributed by atoms with Gasteiger partial charge in [-0.2, -0.15) is 0 Å². The zero-order valence-corrected chi connectivity index (χ0v) is 12.4. The van der Waals surface area contributed by atoms with Gasteiger partial charge in [-0.3, -0.25) is 10.1 Å². The van der Waals surface area contributed by atoms with Crippen LogP contribution in [0, 0.1) is 0 Å². The molecular weight excluding hydrogens is 304 g/mol. The van der Waals surface area contributed by atoms with Gasteiger partial charge in [-0.15, -0.1) is 11.3 Å². The van der Waals surface area contributed by atoms with Gasteiger partial charge in [-0.25, -0.2) is 14.8 Å². The molecule has 0 bridgehead atoms. The molecule has 1 aromatic carbocycles. The molecule has 0 fully saturated rings. The molecule has 0 spiro atoms. The third-order valence-corrected chi connectivity index (χ3v) is 3.66. The number of benzene rings is 1. The first kappa shape index (κ1) is 14.2. The molecule has 1 amide bonds. The Morgan fingerprint density at radius 3 is 3.00 bits per heavy atom. The third kappa shape index (κ3) is 2.96. The van der Waals surface area contributed by atoms with Crippen molar-refractivity contribution in [1.29, 1.82) is 0 Å². The summed E-state index contributed by atoms with van der Waals surface area (Å²) in [5.74, 6) is -0.996. The topological polar surface area (TPSA) is 97.0 Å². The molecule has 0 saturated heterocycles. The van der Waals surface area contributed by atoms with Gasteiger partial charge in [0.15, 0.2) is 11.2 Å². The van der Waals surface area contributed by atoms with Crippen LogP contribution in [0.2, 0.25) is 0 Å². The van der Waals surface area contributed by atoms with Crippen LogP contribution in [-0.4, -0.2) is 32.9 Å². The van der Waals surface area contributed by atoms with Crippen molar-refractivity contribution in [3.8, 4) is 0 Å². The van der Waals surface area contributed by atoms with Crippen LogP contribution in [0.4, 0.5) is 5.13 Å². The fraction of sp³-hybridized carbons (Fsp3) is 0.143. The summed E-state index contributed by atoms with van der Waals surface area (Å²) in [6.07, 6.45) is 2.20. The second kappa shape index (κ2) is 5.94. The molecule has 0 aliphatic heterocycles. The molecule has 2 N–H and O–H groups in total. The number of nitrogens with one attached hydrogen (secondary N) is 2. The fourth-order valence-corrected chi connectivity index (χ4v) is 2.37. The van der Waals surface area contributed by atoms with Crippen molar-refractivity contribution >= 4 is 39.4 Å². The van der Waals surface area contributed by atoms with Crippen molar-refractivity contribution in [3.63, 3.8) is 0 Å². The maximum absolute atomic E-state index is 12.1. The second-order valence-corrected chi connectivity index (χ2v) is 5.40. The predicted octanol–water partition coefficient (Wildman–Crippen LogP) is 2.20. The summed E-state index contributed by atoms with van der Waals surface area (Å²) in [5, 5.41) is 4.79. The molecule has 0 aliphatic carbocycles. The molecule has 22 heavy (non-hydrogen) atoms. The number of carbonyl (C=O) groups excluding carboxylic acids is 2. The molecule has 0 aliphatic rings. The van der Waals surface area contributed by atoms with Gasteiger partial charge in [0.2, 0.25) is 0 Å². The number of imidazole rings is 1. The van der Waals surface area contributed by atoms with Crippen molar-refractivity contribution in [2.24, 2.45) is 0 Å². The molecule has 3 rings (SSSR count). The van der Waals surface area contributed by atoms with Gasteiger partial charge in [-0.05, 0) is 25.1 Å². The molecule has 8 heteroatoms. The number of aromatic nitrogens is 3. The summed E-state index contributed by atoms with van der Waals surface area (Å²) in [4.78, 5) is 34.9. The molecule has 112 valence electrons. The molecule has 1 unspecified atom stereocenters. The lowest BCUT2D eigenvalue weighted by Crippen LogP contribution is -2.29. The average molecular weight is 316 g/mol. The number of aromatic amines is 1. The third-order valence-electron chi connectivity index (χ3n) is 2.97. The van der Waals surface area contributed by atoms with Gasteiger partial charge in [0.1, 0.15) is 0 Å². The van der Waals surface area contributed by atoms with E-state index in [1.54, 1.807) is 36.1 Å². The summed E-state index contributed by atoms with van der Waals surface area (Å²) >= 11 is 1.29. The highest BCUT2D eigenvalue weighted by Gasteiger charge is 2.20. The van der Waals surface area contributed by atoms with Crippen molar-refractivity contribution in [3.05, 3.63) is 41.7 Å². The quantitative estimate of drug-likeness (QED) is 0.719. The highest BCUT2D eigenvalue weighted by molar-refractivity contribution is 7.13. The van der Waals surface area contributed by atoms with E-state index in [0.29, 0.717) is 10.7 Å². The van der Waals surface area contributed by atoms with E-state index in [2.05, 4.69) is 20.3 Å². The van der Waals surface area contributed by atoms with Crippen LogP contribution in [0.25, 0.3) is 11.0 Å². The number of carbonyl (C=O) groups is 2. The summed E-state index contributed by atoms with van der Waals surface area (Å²) in [6, 6.07) is 4.95. The summed E-state index contributed by atoms with van der Waals surface area (Å²) in [6.45, 7) is 1.51. The van der Waals surface area contributed by atoms with Crippen molar-refractivity contribution in [2.45, 2.75) is 13.0 Å². The SMILES string of the molecule is CC(OC(=O)c1ccc2nc[nH]c2c1)C(=O)Nc1nccs1. The number of ether oxygens (including phenoxy) is 1. The maximum atomic E-state index is 12.1. The first-order chi connectivity index (χ1) is 10.6. The number of hydrogen-bond acceptors (Lipinski definition) is 6. The average Bonchev–Trinajstić information content (AvgIpc) is 3.16. The maximum Gasteiger partial charge on any atom is 0.338 e. The summed E-state index contributed by atoms with van der Waals surface area (Å²) in [7, 11) is 0. The van der Waals surface area contributed by atoms with E-state index in [9.17, 15) is 9.59 Å². The second-order valence-electron chi connectivity index (χ2n) is 4.51. The van der Waals surface area contributed by atoms with E-state index in [4.69, 9.17) is 4.74 Å². The molecular formula is C14H12N4O3S. The highest BCUT2D eigenvalue weighted by Crippen LogP contribution is 2.14. The number of esters is 1. The van der Waals surface area contributed by atoms with E-state index in [-0.39, 0.29) is 0 Å². The highest BCUT2D eigenvalue weighted by atomic mass is 32.1. The minimum Gasteiger partial charge on any atom is -0.449 e. The minimum absolute atomic E-state index is 0.352. The Morgan fingerprint density at radius 1 is 1.36 bits per heavy atom. The van der Waals surface area contributed by atoms with Crippen molar-refractivity contribution in [2.75, 3.05) is 5.32 Å². The Morgan fingerprint density at radius 2 is 2.23 bits per heavy atom. The number of H-pyrrole nitrogens is 1. The van der Waals surface area contributed by atoms with Crippen molar-refractivity contribution in [1.82, 2.24) is 15.0 Å². The lowest BCUT2D eigenvalue weighted by atomic mass is 10.2. The first-order valence-electron chi connectivity index (χ1n) is 6.48. The molecule has 1 atom stereocenters. The van der Waals surface area contributed by atoms with Crippen LogP contribution < -0.4 is 5.32 Å². The number of amides is 1. The number of anilines is 1. The molecule has 2 heterocycles. The van der Waals surface area contributed by atoms with Gasteiger partial charge in [-0.1, -0.05) is 0 Å². The Balaban J connectivity index is 1.66. The largest absolute Gasteiger partial charge is 0.449 e. The van der Waals surface area contributed by atoms with E-state index in [1.165, 1.54) is 18.3 Å². The van der Waals surface area contributed by atoms with E-state index in [1.807, 2.05) is 0 Å². The Labute approximate surface area is 129 Å². The molecule has 2 aromatic heterocycles. The number of thiazole rings is 1. The minimum atomic E-state index is -0.922. The lowest BCUT2D eigenvalue weighted by molar-refractivity contribution is -0.123. The molecule has 0 saturated carbocycles. The van der Waals surface area contributed by atoms with Gasteiger partial charge in [0.05, 0.1) is 22.9 Å². The summed E-state index contributed by atoms with van der Waals surface area (Å²) in [5.41, 5.74) is 1.84. The number of hydrogen-bond donors (Lipinski definition) is 2. The molecule has 7 nitrogen and oxygen atoms in total. The smallest absolute Gasteiger partial charge is 0.338 e. The predicted molar refractivity (Wildman–Crippen MR) is 81.7 cm³/mol. The monoisotopic (exact) mass is 316 g/mol. The van der Waals surface area contributed by atoms with Crippen LogP contribution in [0.5, 0.6) is 0 Å². The number of rotatable bonds is 4. The van der Waals surface area contributed by atoms with Crippen LogP contribution >= 0.6 is 11.3 Å². The van der Waals surface area contributed by atoms with Crippen LogP contribution in [0.1, 0.15) is 17.3 Å². The first-order valence-corrected chi connectivity index (χ1v) is 7.36. The Hall–Kier alpha value is -2.74. The van der Waals surface area contributed by atoms with E-state index < -0.39 is 18.0 Å². The molecule has 3 aromatic rings. The zero-order chi connectivity index (χ0) is 15.5. The lowest BCUT2D eigenvalue weighted by Gasteiger charge is -2.12. The number of nitrogens with zero attached hydrogens (tertiary/aromatic N) is 2. The normalized spacial score (nSPS) is 12.0. The van der Waals surface area contributed by atoms with Crippen LogP contribution in [0.3, 0.4) is 0 Å². The van der Waals surface area contributed by atoms with Gasteiger partial charge in [0.25, 0.3) is 5.91 Å². The van der Waals surface area contributed by atoms with E-state index >= 15 is 0 Å². The Bertz CT molecular complexity index is 812. The summed E-state index contributed by atoms with van der Waals surface area (Å²) < 4.78 is 5.16. The van der Waals surface area contributed by atoms with E-state index in [0.717, 1.165) is 11.0 Å². The van der Waals surface area contributed by atoms with Crippen LogP contribution in [-0.2, 0) is 9.53 Å². The van der Waals surface area contributed by atoms with Gasteiger partial charge >= 0.3 is 5.97 Å². The number of fused-ring (bicyclic) bond motifs is 1. The molecule has 0 radical (unpaired) electrons. The fourth-order valence-electron chi connectivity index (χ4n) is 1.84. The van der Waals surface area contributed by atoms with Gasteiger partial charge in [0, 0.05) is 11.6 Å². The standard InChI is InChI=1S/C14H12N4O3S/c1-8(12(19)18-14-15-4-5-22-14)21-13(20)9-2-3-10-11(6-9)17-7-16-10/h2-8H,1H3,(H,16,17)(H,15,18,19). The zero-order valence-electron chi connectivity index (χ0n) is 11.6. The van der Waals surface area contributed by atoms with Gasteiger partial charge < -0.3 is 9.72 Å².